The van der Waals surface area contributed by atoms with Crippen LogP contribution in [0.1, 0.15) is 63.8 Å². The number of hydrogen-bond donors (Lipinski definition) is 0. The topological polar surface area (TPSA) is 15.7 Å². The van der Waals surface area contributed by atoms with Crippen molar-refractivity contribution in [3.63, 3.8) is 0 Å². The van der Waals surface area contributed by atoms with Crippen LogP contribution in [0, 0.1) is 13.8 Å². The van der Waals surface area contributed by atoms with Gasteiger partial charge in [0.2, 0.25) is 0 Å². The molecule has 10 aromatic rings. The Balaban J connectivity index is 1.28. The third kappa shape index (κ3) is 5.69. The molecule has 2 heterocycles. The summed E-state index contributed by atoms with van der Waals surface area (Å²) in [7, 11) is 0. The van der Waals surface area contributed by atoms with Gasteiger partial charge in [0.1, 0.15) is 0 Å². The van der Waals surface area contributed by atoms with Crippen LogP contribution in [-0.4, -0.2) is 14.5 Å². The molecule has 11 rings (SSSR count). The van der Waals surface area contributed by atoms with Gasteiger partial charge in [-0.3, -0.25) is 0 Å². The summed E-state index contributed by atoms with van der Waals surface area (Å²) in [6.45, 7) is 18.5. The molecule has 1 aliphatic heterocycles. The summed E-state index contributed by atoms with van der Waals surface area (Å²) in [4.78, 5) is 4.99. The molecule has 0 bridgehead atoms. The Bertz CT molecular complexity index is 3310. The number of ether oxygens (including phenoxy) is 1. The Hall–Kier alpha value is -6.06. The van der Waals surface area contributed by atoms with E-state index in [2.05, 4.69) is 211 Å². The van der Waals surface area contributed by atoms with Crippen LogP contribution in [0.5, 0.6) is 11.5 Å². The van der Waals surface area contributed by atoms with E-state index in [-0.39, 0.29) is 25.3 Å². The Morgan fingerprint density at radius 1 is 0.450 bits per heavy atom. The van der Waals surface area contributed by atoms with Crippen LogP contribution in [0.4, 0.5) is 34.1 Å². The van der Waals surface area contributed by atoms with Gasteiger partial charge >= 0.3 is 287 Å². The number of aryl methyl sites for hydroxylation is 2. The first kappa shape index (κ1) is 37.0. The SMILES string of the molecule is Cc1cccc(N(c2cccc(C)c2)c2cc(C(C)(C)C)c3ccc4c(N5c6ccccc6Oc6cc7c(cc65)[se]c5ccccc57)cc(C(C)(C)C)c5ccc2c3c45)c1. The van der Waals surface area contributed by atoms with Gasteiger partial charge in [0.05, 0.1) is 0 Å². The van der Waals surface area contributed by atoms with E-state index >= 15 is 0 Å². The van der Waals surface area contributed by atoms with Crippen molar-refractivity contribution in [3.05, 3.63) is 168 Å². The summed E-state index contributed by atoms with van der Waals surface area (Å²) in [5.41, 5.74) is 11.7. The number of fused-ring (bicyclic) bond motifs is 5. The minimum absolute atomic E-state index is 0.126. The second kappa shape index (κ2) is 13.2. The summed E-state index contributed by atoms with van der Waals surface area (Å²) in [5.74, 6) is 1.77. The molecule has 0 spiro atoms. The molecule has 0 radical (unpaired) electrons. The number of anilines is 6. The summed E-state index contributed by atoms with van der Waals surface area (Å²) in [6, 6.07) is 54.6. The van der Waals surface area contributed by atoms with Crippen molar-refractivity contribution < 1.29 is 4.74 Å². The van der Waals surface area contributed by atoms with Crippen molar-refractivity contribution in [2.24, 2.45) is 0 Å². The second-order valence-corrected chi connectivity index (χ2v) is 21.1. The molecular formula is C56H48N2OSe. The number of nitrogens with zero attached hydrogens (tertiary/aromatic N) is 2. The first-order valence-electron chi connectivity index (χ1n) is 21.1. The van der Waals surface area contributed by atoms with Gasteiger partial charge in [-0.15, -0.1) is 0 Å². The number of para-hydroxylation sites is 2. The zero-order chi connectivity index (χ0) is 41.2. The van der Waals surface area contributed by atoms with Gasteiger partial charge < -0.3 is 0 Å². The molecule has 0 aliphatic carbocycles. The van der Waals surface area contributed by atoms with Crippen LogP contribution in [-0.2, 0) is 10.8 Å². The molecule has 0 amide bonds. The standard InChI is InChI=1S/C56H48N2OSe/c1-33-15-13-17-35(27-33)57(36-18-14-16-34(2)28-36)46-30-43(55(3,4)5)38-24-26-41-47(31-44(56(6,7)8)39-23-25-40(46)53(38)54(39)41)58-45-20-10-11-21-49(45)59-50-29-42-37-19-9-12-22-51(37)60-52(42)32-48(50)58/h9-32H,1-8H3. The smallest absolute Gasteiger partial charge is 0.0351 e. The Morgan fingerprint density at radius 2 is 1.05 bits per heavy atom. The van der Waals surface area contributed by atoms with Crippen LogP contribution >= 0.6 is 0 Å². The van der Waals surface area contributed by atoms with E-state index in [1.165, 1.54) is 85.2 Å². The van der Waals surface area contributed by atoms with Crippen LogP contribution in [0.15, 0.2) is 146 Å². The average Bonchev–Trinajstić information content (AvgIpc) is 3.58. The van der Waals surface area contributed by atoms with E-state index in [1.54, 1.807) is 0 Å². The number of rotatable bonds is 4. The fourth-order valence-corrected chi connectivity index (χ4v) is 12.1. The Morgan fingerprint density at radius 3 is 1.73 bits per heavy atom. The molecule has 1 aromatic heterocycles. The van der Waals surface area contributed by atoms with Crippen molar-refractivity contribution in [3.8, 4) is 11.5 Å². The van der Waals surface area contributed by atoms with Crippen molar-refractivity contribution in [2.45, 2.75) is 66.2 Å². The maximum atomic E-state index is 6.85. The van der Waals surface area contributed by atoms with Crippen LogP contribution in [0.25, 0.3) is 51.6 Å². The molecule has 0 N–H and O–H groups in total. The molecule has 0 atom stereocenters. The van der Waals surface area contributed by atoms with E-state index in [9.17, 15) is 0 Å². The van der Waals surface area contributed by atoms with Gasteiger partial charge in [0.25, 0.3) is 0 Å². The zero-order valence-electron chi connectivity index (χ0n) is 35.6. The quantitative estimate of drug-likeness (QED) is 0.130. The van der Waals surface area contributed by atoms with Gasteiger partial charge in [-0.25, -0.2) is 0 Å². The van der Waals surface area contributed by atoms with E-state index in [1.807, 2.05) is 0 Å². The summed E-state index contributed by atoms with van der Waals surface area (Å²) >= 11 is 0.211. The van der Waals surface area contributed by atoms with E-state index < -0.39 is 0 Å². The monoisotopic (exact) mass is 844 g/mol. The maximum absolute atomic E-state index is 6.85. The average molecular weight is 844 g/mol. The van der Waals surface area contributed by atoms with Gasteiger partial charge in [0.15, 0.2) is 0 Å². The van der Waals surface area contributed by atoms with E-state index in [0.29, 0.717) is 0 Å². The largest absolute Gasteiger partial charge is 0.0351 e. The summed E-state index contributed by atoms with van der Waals surface area (Å²) in [6.07, 6.45) is 0. The molecule has 0 fully saturated rings. The van der Waals surface area contributed by atoms with Gasteiger partial charge in [-0.1, -0.05) is 24.3 Å². The Kier molecular flexibility index (Phi) is 8.15. The van der Waals surface area contributed by atoms with Crippen LogP contribution < -0.4 is 14.5 Å². The first-order valence-corrected chi connectivity index (χ1v) is 22.8. The predicted octanol–water partition coefficient (Wildman–Crippen LogP) is 16.2. The van der Waals surface area contributed by atoms with E-state index in [4.69, 9.17) is 4.74 Å². The van der Waals surface area contributed by atoms with Crippen molar-refractivity contribution in [2.75, 3.05) is 9.80 Å². The van der Waals surface area contributed by atoms with Crippen LogP contribution in [0.2, 0.25) is 0 Å². The summed E-state index contributed by atoms with van der Waals surface area (Å²) in [5, 5.41) is 10.4. The molecule has 0 saturated carbocycles. The van der Waals surface area contributed by atoms with Gasteiger partial charge in [0, 0.05) is 0 Å². The van der Waals surface area contributed by atoms with E-state index in [0.717, 1.165) is 34.2 Å². The molecular weight excluding hydrogens is 796 g/mol. The Labute approximate surface area is 358 Å². The molecule has 60 heavy (non-hydrogen) atoms. The maximum Gasteiger partial charge on any atom is -0.0351 e. The third-order valence-electron chi connectivity index (χ3n) is 12.5. The minimum atomic E-state index is -0.140. The molecule has 0 unspecified atom stereocenters. The third-order valence-corrected chi connectivity index (χ3v) is 14.9. The molecule has 3 nitrogen and oxygen atoms in total. The molecule has 294 valence electrons. The van der Waals surface area contributed by atoms with Crippen molar-refractivity contribution in [1.29, 1.82) is 0 Å². The van der Waals surface area contributed by atoms with Crippen LogP contribution in [0.3, 0.4) is 0 Å². The van der Waals surface area contributed by atoms with Gasteiger partial charge in [-0.05, 0) is 49.2 Å². The van der Waals surface area contributed by atoms with Crippen molar-refractivity contribution >= 4 is 100 Å². The van der Waals surface area contributed by atoms with Crippen molar-refractivity contribution in [1.82, 2.24) is 0 Å². The predicted molar refractivity (Wildman–Crippen MR) is 258 cm³/mol. The number of hydrogen-bond acceptors (Lipinski definition) is 3. The molecule has 1 aliphatic rings. The normalized spacial score (nSPS) is 13.1. The molecule has 9 aromatic carbocycles. The summed E-state index contributed by atoms with van der Waals surface area (Å²) < 4.78 is 9.68. The fourth-order valence-electron chi connectivity index (χ4n) is 9.76. The van der Waals surface area contributed by atoms with Gasteiger partial charge in [-0.2, -0.15) is 0 Å². The zero-order valence-corrected chi connectivity index (χ0v) is 37.3. The second-order valence-electron chi connectivity index (χ2n) is 18.8. The fraction of sp³-hybridized carbons (Fsp3) is 0.179. The molecule has 0 saturated heterocycles. The minimum Gasteiger partial charge on any atom is -0.0351 e. The molecule has 4 heteroatoms. The first-order chi connectivity index (χ1) is 28.8. The number of benzene rings is 9.